The van der Waals surface area contributed by atoms with E-state index in [0.29, 0.717) is 0 Å². The SMILES string of the molecule is COc1cc(N)ccc1NCCN1CCNCC1. The van der Waals surface area contributed by atoms with Crippen LogP contribution in [0.1, 0.15) is 0 Å². The molecule has 0 aliphatic carbocycles. The van der Waals surface area contributed by atoms with E-state index in [1.807, 2.05) is 18.2 Å². The van der Waals surface area contributed by atoms with Crippen LogP contribution in [0.2, 0.25) is 0 Å². The number of nitrogen functional groups attached to an aromatic ring is 1. The molecular formula is C13H22N4O. The number of benzene rings is 1. The molecule has 100 valence electrons. The summed E-state index contributed by atoms with van der Waals surface area (Å²) >= 11 is 0. The van der Waals surface area contributed by atoms with E-state index in [2.05, 4.69) is 15.5 Å². The minimum atomic E-state index is 0.722. The lowest BCUT2D eigenvalue weighted by Crippen LogP contribution is -2.45. The van der Waals surface area contributed by atoms with Gasteiger partial charge in [-0.2, -0.15) is 0 Å². The molecule has 0 amide bonds. The molecule has 1 aromatic rings. The monoisotopic (exact) mass is 250 g/mol. The van der Waals surface area contributed by atoms with E-state index < -0.39 is 0 Å². The maximum Gasteiger partial charge on any atom is 0.143 e. The Labute approximate surface area is 108 Å². The van der Waals surface area contributed by atoms with Crippen molar-refractivity contribution in [3.05, 3.63) is 18.2 Å². The highest BCUT2D eigenvalue weighted by molar-refractivity contribution is 5.62. The number of anilines is 2. The number of methoxy groups -OCH3 is 1. The molecule has 0 spiro atoms. The van der Waals surface area contributed by atoms with Crippen LogP contribution in [0.15, 0.2) is 18.2 Å². The second kappa shape index (κ2) is 6.47. The second-order valence-corrected chi connectivity index (χ2v) is 4.48. The van der Waals surface area contributed by atoms with Crippen molar-refractivity contribution in [3.63, 3.8) is 0 Å². The predicted octanol–water partition coefficient (Wildman–Crippen LogP) is 0.595. The summed E-state index contributed by atoms with van der Waals surface area (Å²) < 4.78 is 5.30. The lowest BCUT2D eigenvalue weighted by Gasteiger charge is -2.27. The summed E-state index contributed by atoms with van der Waals surface area (Å²) in [5.74, 6) is 0.801. The molecule has 0 radical (unpaired) electrons. The van der Waals surface area contributed by atoms with Crippen LogP contribution in [0, 0.1) is 0 Å². The molecule has 1 aliphatic heterocycles. The molecule has 2 rings (SSSR count). The summed E-state index contributed by atoms with van der Waals surface area (Å²) in [5, 5.41) is 6.75. The van der Waals surface area contributed by atoms with E-state index in [0.717, 1.165) is 56.4 Å². The van der Waals surface area contributed by atoms with Crippen molar-refractivity contribution in [3.8, 4) is 5.75 Å². The molecule has 5 nitrogen and oxygen atoms in total. The number of ether oxygens (including phenoxy) is 1. The number of piperazine rings is 1. The van der Waals surface area contributed by atoms with Gasteiger partial charge in [-0.25, -0.2) is 0 Å². The first-order chi connectivity index (χ1) is 8.79. The van der Waals surface area contributed by atoms with Gasteiger partial charge in [-0.1, -0.05) is 0 Å². The molecule has 1 fully saturated rings. The van der Waals surface area contributed by atoms with Crippen LogP contribution in [0.25, 0.3) is 0 Å². The van der Waals surface area contributed by atoms with E-state index in [4.69, 9.17) is 10.5 Å². The van der Waals surface area contributed by atoms with E-state index in [1.54, 1.807) is 7.11 Å². The summed E-state index contributed by atoms with van der Waals surface area (Å²) in [7, 11) is 1.66. The van der Waals surface area contributed by atoms with Gasteiger partial charge in [0.15, 0.2) is 0 Å². The Balaban J connectivity index is 1.82. The first-order valence-electron chi connectivity index (χ1n) is 6.40. The summed E-state index contributed by atoms with van der Waals surface area (Å²) in [6, 6.07) is 5.69. The number of hydrogen-bond acceptors (Lipinski definition) is 5. The molecule has 0 bridgehead atoms. The second-order valence-electron chi connectivity index (χ2n) is 4.48. The Morgan fingerprint density at radius 1 is 1.39 bits per heavy atom. The Morgan fingerprint density at radius 2 is 2.17 bits per heavy atom. The van der Waals surface area contributed by atoms with Crippen LogP contribution < -0.4 is 21.1 Å². The van der Waals surface area contributed by atoms with Gasteiger partial charge in [-0.15, -0.1) is 0 Å². The minimum absolute atomic E-state index is 0.722. The molecule has 4 N–H and O–H groups in total. The van der Waals surface area contributed by atoms with Gasteiger partial charge in [-0.05, 0) is 12.1 Å². The third-order valence-electron chi connectivity index (χ3n) is 3.18. The fraction of sp³-hybridized carbons (Fsp3) is 0.538. The molecule has 0 aromatic heterocycles. The average Bonchev–Trinajstić information content (AvgIpc) is 2.41. The topological polar surface area (TPSA) is 62.6 Å². The highest BCUT2D eigenvalue weighted by Gasteiger charge is 2.09. The van der Waals surface area contributed by atoms with Crippen LogP contribution in [0.3, 0.4) is 0 Å². The Kier molecular flexibility index (Phi) is 4.66. The molecule has 5 heteroatoms. The number of nitrogens with zero attached hydrogens (tertiary/aromatic N) is 1. The van der Waals surface area contributed by atoms with Gasteiger partial charge in [0.05, 0.1) is 12.8 Å². The van der Waals surface area contributed by atoms with Gasteiger partial charge in [0, 0.05) is 51.0 Å². The van der Waals surface area contributed by atoms with E-state index >= 15 is 0 Å². The molecule has 1 aromatic carbocycles. The number of nitrogens with one attached hydrogen (secondary N) is 2. The third-order valence-corrected chi connectivity index (χ3v) is 3.18. The first kappa shape index (κ1) is 13.0. The smallest absolute Gasteiger partial charge is 0.143 e. The highest BCUT2D eigenvalue weighted by Crippen LogP contribution is 2.26. The lowest BCUT2D eigenvalue weighted by atomic mass is 10.2. The molecule has 1 aliphatic rings. The molecular weight excluding hydrogens is 228 g/mol. The number of nitrogens with two attached hydrogens (primary N) is 1. The van der Waals surface area contributed by atoms with Gasteiger partial charge < -0.3 is 21.1 Å². The van der Waals surface area contributed by atoms with Crippen LogP contribution in [0.4, 0.5) is 11.4 Å². The fourth-order valence-electron chi connectivity index (χ4n) is 2.14. The molecule has 0 atom stereocenters. The van der Waals surface area contributed by atoms with Gasteiger partial charge in [-0.3, -0.25) is 4.90 Å². The maximum absolute atomic E-state index is 5.73. The van der Waals surface area contributed by atoms with E-state index in [-0.39, 0.29) is 0 Å². The van der Waals surface area contributed by atoms with E-state index in [9.17, 15) is 0 Å². The zero-order chi connectivity index (χ0) is 12.8. The van der Waals surface area contributed by atoms with Crippen molar-refractivity contribution in [2.24, 2.45) is 0 Å². The molecule has 0 saturated carbocycles. The Hall–Kier alpha value is -1.46. The van der Waals surface area contributed by atoms with Crippen molar-refractivity contribution >= 4 is 11.4 Å². The van der Waals surface area contributed by atoms with Gasteiger partial charge in [0.25, 0.3) is 0 Å². The number of hydrogen-bond donors (Lipinski definition) is 3. The average molecular weight is 250 g/mol. The normalized spacial score (nSPS) is 16.5. The standard InChI is InChI=1S/C13H22N4O/c1-18-13-10-11(14)2-3-12(13)16-6-9-17-7-4-15-5-8-17/h2-3,10,15-16H,4-9,14H2,1H3. The van der Waals surface area contributed by atoms with Crippen molar-refractivity contribution in [1.29, 1.82) is 0 Å². The van der Waals surface area contributed by atoms with Crippen molar-refractivity contribution < 1.29 is 4.74 Å². The van der Waals surface area contributed by atoms with Crippen LogP contribution in [-0.2, 0) is 0 Å². The maximum atomic E-state index is 5.73. The van der Waals surface area contributed by atoms with Crippen LogP contribution >= 0.6 is 0 Å². The number of rotatable bonds is 5. The van der Waals surface area contributed by atoms with E-state index in [1.165, 1.54) is 0 Å². The predicted molar refractivity (Wildman–Crippen MR) is 75.2 cm³/mol. The summed E-state index contributed by atoms with van der Waals surface area (Å²) in [6.45, 7) is 6.40. The van der Waals surface area contributed by atoms with Crippen molar-refractivity contribution in [2.75, 3.05) is 57.4 Å². The molecule has 1 saturated heterocycles. The molecule has 1 heterocycles. The van der Waals surface area contributed by atoms with Gasteiger partial charge in [0.1, 0.15) is 5.75 Å². The summed E-state index contributed by atoms with van der Waals surface area (Å²) in [4.78, 5) is 2.45. The van der Waals surface area contributed by atoms with Crippen LogP contribution in [0.5, 0.6) is 5.75 Å². The van der Waals surface area contributed by atoms with Crippen LogP contribution in [-0.4, -0.2) is 51.3 Å². The van der Waals surface area contributed by atoms with Gasteiger partial charge in [0.2, 0.25) is 0 Å². The van der Waals surface area contributed by atoms with Crippen molar-refractivity contribution in [2.45, 2.75) is 0 Å². The fourth-order valence-corrected chi connectivity index (χ4v) is 2.14. The first-order valence-corrected chi connectivity index (χ1v) is 6.40. The minimum Gasteiger partial charge on any atom is -0.495 e. The molecule has 18 heavy (non-hydrogen) atoms. The Bertz CT molecular complexity index is 377. The highest BCUT2D eigenvalue weighted by atomic mass is 16.5. The lowest BCUT2D eigenvalue weighted by molar-refractivity contribution is 0.249. The molecule has 0 unspecified atom stereocenters. The van der Waals surface area contributed by atoms with Crippen molar-refractivity contribution in [1.82, 2.24) is 10.2 Å². The third kappa shape index (κ3) is 3.51. The summed E-state index contributed by atoms with van der Waals surface area (Å²) in [5.41, 5.74) is 7.45. The largest absolute Gasteiger partial charge is 0.495 e. The zero-order valence-corrected chi connectivity index (χ0v) is 10.9. The summed E-state index contributed by atoms with van der Waals surface area (Å²) in [6.07, 6.45) is 0. The Morgan fingerprint density at radius 3 is 2.89 bits per heavy atom. The zero-order valence-electron chi connectivity index (χ0n) is 10.9. The van der Waals surface area contributed by atoms with Gasteiger partial charge >= 0.3 is 0 Å². The quantitative estimate of drug-likeness (QED) is 0.668.